The summed E-state index contributed by atoms with van der Waals surface area (Å²) in [5, 5.41) is 0.660. The van der Waals surface area contributed by atoms with Gasteiger partial charge in [0.2, 0.25) is 15.9 Å². The lowest BCUT2D eigenvalue weighted by Crippen LogP contribution is -2.34. The van der Waals surface area contributed by atoms with Gasteiger partial charge in [-0.05, 0) is 96.8 Å². The topological polar surface area (TPSA) is 84.3 Å². The standard InChI is InChI=1S/C31H30ClFN4O3S/c1-36-16-15-34-30(36)19-37(31(38)28-18-26(28)21-5-8-22(32)9-6-21)24-12-7-20-3-2-4-29(27(20)17-24)35-41(39,40)25-13-10-23(33)11-14-25/h5-17,26,28-29,35H,2-4,18-19H2,1H3/t26-,28-,29+/m0/s1. The Bertz CT molecular complexity index is 1690. The Kier molecular flexibility index (Phi) is 7.44. The van der Waals surface area contributed by atoms with Gasteiger partial charge in [0.15, 0.2) is 0 Å². The Morgan fingerprint density at radius 3 is 2.59 bits per heavy atom. The predicted molar refractivity (Wildman–Crippen MR) is 156 cm³/mol. The zero-order chi connectivity index (χ0) is 28.7. The molecule has 1 amide bonds. The van der Waals surface area contributed by atoms with E-state index in [1.165, 1.54) is 12.1 Å². The maximum atomic E-state index is 14.0. The molecule has 0 spiro atoms. The summed E-state index contributed by atoms with van der Waals surface area (Å²) in [4.78, 5) is 20.2. The fraction of sp³-hybridized carbons (Fsp3) is 0.290. The van der Waals surface area contributed by atoms with Gasteiger partial charge in [-0.3, -0.25) is 4.79 Å². The molecule has 3 atom stereocenters. The first-order chi connectivity index (χ1) is 19.7. The second-order valence-corrected chi connectivity index (χ2v) is 12.9. The van der Waals surface area contributed by atoms with Crippen molar-refractivity contribution in [3.63, 3.8) is 0 Å². The predicted octanol–water partition coefficient (Wildman–Crippen LogP) is 5.91. The molecule has 1 saturated carbocycles. The molecule has 10 heteroatoms. The molecule has 6 rings (SSSR count). The SMILES string of the molecule is Cn1ccnc1CN(C(=O)[C@H]1C[C@H]1c1ccc(Cl)cc1)c1ccc2c(c1)[C@H](NS(=O)(=O)c1ccc(F)cc1)CCC2. The van der Waals surface area contributed by atoms with Gasteiger partial charge in [-0.2, -0.15) is 0 Å². The Morgan fingerprint density at radius 2 is 1.88 bits per heavy atom. The number of hydrogen-bond donors (Lipinski definition) is 1. The number of aromatic nitrogens is 2. The fourth-order valence-electron chi connectivity index (χ4n) is 5.68. The fourth-order valence-corrected chi connectivity index (χ4v) is 7.05. The number of carbonyl (C=O) groups is 1. The quantitative estimate of drug-likeness (QED) is 0.276. The van der Waals surface area contributed by atoms with Crippen LogP contribution in [0.25, 0.3) is 0 Å². The van der Waals surface area contributed by atoms with E-state index in [0.29, 0.717) is 17.1 Å². The third-order valence-corrected chi connectivity index (χ3v) is 9.81. The first-order valence-corrected chi connectivity index (χ1v) is 15.5. The molecule has 4 aromatic rings. The van der Waals surface area contributed by atoms with Crippen LogP contribution < -0.4 is 9.62 Å². The lowest BCUT2D eigenvalue weighted by atomic mass is 9.87. The number of benzene rings is 3. The molecule has 41 heavy (non-hydrogen) atoms. The summed E-state index contributed by atoms with van der Waals surface area (Å²) in [6.07, 6.45) is 6.56. The minimum absolute atomic E-state index is 0.00662. The largest absolute Gasteiger partial charge is 0.337 e. The van der Waals surface area contributed by atoms with Crippen LogP contribution in [0.5, 0.6) is 0 Å². The molecule has 1 N–H and O–H groups in total. The maximum absolute atomic E-state index is 14.0. The summed E-state index contributed by atoms with van der Waals surface area (Å²) in [7, 11) is -1.99. The van der Waals surface area contributed by atoms with Gasteiger partial charge in [0.1, 0.15) is 11.6 Å². The highest BCUT2D eigenvalue weighted by molar-refractivity contribution is 7.89. The highest BCUT2D eigenvalue weighted by atomic mass is 35.5. The highest BCUT2D eigenvalue weighted by Gasteiger charge is 2.46. The lowest BCUT2D eigenvalue weighted by Gasteiger charge is -2.29. The Morgan fingerprint density at radius 1 is 1.12 bits per heavy atom. The molecular formula is C31H30ClFN4O3S. The van der Waals surface area contributed by atoms with E-state index in [9.17, 15) is 17.6 Å². The minimum Gasteiger partial charge on any atom is -0.337 e. The first-order valence-electron chi connectivity index (χ1n) is 13.6. The summed E-state index contributed by atoms with van der Waals surface area (Å²) in [6.45, 7) is 0.289. The van der Waals surface area contributed by atoms with Crippen LogP contribution in [0, 0.1) is 11.7 Å². The van der Waals surface area contributed by atoms with Crippen LogP contribution in [0.1, 0.15) is 53.7 Å². The monoisotopic (exact) mass is 592 g/mol. The normalized spacial score (nSPS) is 19.9. The molecule has 1 fully saturated rings. The van der Waals surface area contributed by atoms with Gasteiger partial charge in [-0.25, -0.2) is 22.5 Å². The molecule has 212 valence electrons. The number of hydrogen-bond acceptors (Lipinski definition) is 4. The molecule has 3 aromatic carbocycles. The Hall–Kier alpha value is -3.53. The van der Waals surface area contributed by atoms with Crippen LogP contribution in [0.2, 0.25) is 5.02 Å². The smallest absolute Gasteiger partial charge is 0.241 e. The summed E-state index contributed by atoms with van der Waals surface area (Å²) in [5.41, 5.74) is 3.68. The lowest BCUT2D eigenvalue weighted by molar-refractivity contribution is -0.120. The van der Waals surface area contributed by atoms with E-state index in [1.54, 1.807) is 11.1 Å². The van der Waals surface area contributed by atoms with Gasteiger partial charge < -0.3 is 9.47 Å². The van der Waals surface area contributed by atoms with Crippen molar-refractivity contribution in [2.45, 2.75) is 49.1 Å². The van der Waals surface area contributed by atoms with E-state index >= 15 is 0 Å². The number of carbonyl (C=O) groups excluding carboxylic acids is 1. The number of imidazole rings is 1. The zero-order valence-electron chi connectivity index (χ0n) is 22.5. The first kappa shape index (κ1) is 27.6. The van der Waals surface area contributed by atoms with Gasteiger partial charge in [0, 0.05) is 42.1 Å². The number of nitrogens with zero attached hydrogens (tertiary/aromatic N) is 3. The molecule has 0 unspecified atom stereocenters. The second-order valence-electron chi connectivity index (χ2n) is 10.8. The minimum atomic E-state index is -3.88. The number of amides is 1. The third-order valence-electron chi connectivity index (χ3n) is 8.07. The highest BCUT2D eigenvalue weighted by Crippen LogP contribution is 2.49. The molecule has 1 aromatic heterocycles. The van der Waals surface area contributed by atoms with Crippen molar-refractivity contribution in [1.29, 1.82) is 0 Å². The summed E-state index contributed by atoms with van der Waals surface area (Å²) < 4.78 is 44.5. The van der Waals surface area contributed by atoms with Crippen molar-refractivity contribution < 1.29 is 17.6 Å². The summed E-state index contributed by atoms with van der Waals surface area (Å²) in [5.74, 6) is 0.209. The van der Waals surface area contributed by atoms with Crippen LogP contribution in [-0.4, -0.2) is 23.9 Å². The Labute approximate surface area is 244 Å². The van der Waals surface area contributed by atoms with Crippen molar-refractivity contribution in [2.75, 3.05) is 4.90 Å². The van der Waals surface area contributed by atoms with Gasteiger partial charge in [0.05, 0.1) is 11.4 Å². The van der Waals surface area contributed by atoms with E-state index < -0.39 is 21.9 Å². The molecule has 0 bridgehead atoms. The van der Waals surface area contributed by atoms with Crippen LogP contribution in [0.15, 0.2) is 84.0 Å². The van der Waals surface area contributed by atoms with Crippen molar-refractivity contribution in [1.82, 2.24) is 14.3 Å². The summed E-state index contributed by atoms with van der Waals surface area (Å²) >= 11 is 6.07. The number of aryl methyl sites for hydroxylation is 2. The van der Waals surface area contributed by atoms with Crippen molar-refractivity contribution in [3.05, 3.63) is 112 Å². The molecule has 0 radical (unpaired) electrons. The molecule has 0 aliphatic heterocycles. The van der Waals surface area contributed by atoms with Crippen LogP contribution >= 0.6 is 11.6 Å². The van der Waals surface area contributed by atoms with Gasteiger partial charge in [-0.15, -0.1) is 0 Å². The van der Waals surface area contributed by atoms with E-state index in [1.807, 2.05) is 60.3 Å². The van der Waals surface area contributed by atoms with Crippen LogP contribution in [0.4, 0.5) is 10.1 Å². The maximum Gasteiger partial charge on any atom is 0.241 e. The van der Waals surface area contributed by atoms with Gasteiger partial charge >= 0.3 is 0 Å². The van der Waals surface area contributed by atoms with Crippen molar-refractivity contribution >= 4 is 33.2 Å². The van der Waals surface area contributed by atoms with Crippen molar-refractivity contribution in [2.24, 2.45) is 13.0 Å². The van der Waals surface area contributed by atoms with Crippen LogP contribution in [0.3, 0.4) is 0 Å². The number of nitrogens with one attached hydrogen (secondary N) is 1. The molecule has 7 nitrogen and oxygen atoms in total. The number of anilines is 1. The number of sulfonamides is 1. The van der Waals surface area contributed by atoms with Crippen molar-refractivity contribution in [3.8, 4) is 0 Å². The van der Waals surface area contributed by atoms with E-state index in [0.717, 1.165) is 53.9 Å². The Balaban J connectivity index is 1.31. The van der Waals surface area contributed by atoms with E-state index in [-0.39, 0.29) is 29.2 Å². The molecule has 1 heterocycles. The molecule has 0 saturated heterocycles. The molecule has 2 aliphatic carbocycles. The average molecular weight is 593 g/mol. The summed E-state index contributed by atoms with van der Waals surface area (Å²) in [6, 6.07) is 17.8. The zero-order valence-corrected chi connectivity index (χ0v) is 24.1. The molecular weight excluding hydrogens is 563 g/mol. The second kappa shape index (κ2) is 11.0. The number of fused-ring (bicyclic) bond motifs is 1. The number of halogens is 2. The van der Waals surface area contributed by atoms with Crippen LogP contribution in [-0.2, 0) is 34.8 Å². The number of rotatable bonds is 8. The van der Waals surface area contributed by atoms with Gasteiger partial charge in [0.25, 0.3) is 0 Å². The average Bonchev–Trinajstić information content (AvgIpc) is 3.66. The molecule has 2 aliphatic rings. The van der Waals surface area contributed by atoms with Gasteiger partial charge in [-0.1, -0.05) is 29.8 Å². The van der Waals surface area contributed by atoms with E-state index in [2.05, 4.69) is 9.71 Å². The third kappa shape index (κ3) is 5.80. The van der Waals surface area contributed by atoms with E-state index in [4.69, 9.17) is 11.6 Å².